The highest BCUT2D eigenvalue weighted by atomic mass is 15.2. The van der Waals surface area contributed by atoms with Crippen molar-refractivity contribution in [3.63, 3.8) is 0 Å². The third-order valence-corrected chi connectivity index (χ3v) is 3.96. The van der Waals surface area contributed by atoms with Crippen LogP contribution in [0.25, 0.3) is 0 Å². The molecule has 1 fully saturated rings. The van der Waals surface area contributed by atoms with Crippen molar-refractivity contribution in [1.82, 2.24) is 4.90 Å². The van der Waals surface area contributed by atoms with Crippen molar-refractivity contribution in [3.05, 3.63) is 34.9 Å². The molecule has 0 amide bonds. The molecule has 94 valence electrons. The van der Waals surface area contributed by atoms with Crippen molar-refractivity contribution < 1.29 is 0 Å². The maximum atomic E-state index is 5.71. The maximum Gasteiger partial charge on any atom is 0.0237 e. The van der Waals surface area contributed by atoms with Crippen molar-refractivity contribution in [1.29, 1.82) is 0 Å². The summed E-state index contributed by atoms with van der Waals surface area (Å²) in [4.78, 5) is 2.55. The molecular weight excluding hydrogens is 208 g/mol. The second-order valence-electron chi connectivity index (χ2n) is 5.26. The molecule has 2 rings (SSSR count). The molecule has 0 atom stereocenters. The topological polar surface area (TPSA) is 29.3 Å². The van der Waals surface area contributed by atoms with Gasteiger partial charge in [0.15, 0.2) is 0 Å². The number of rotatable bonds is 5. The van der Waals surface area contributed by atoms with Gasteiger partial charge in [-0.3, -0.25) is 4.90 Å². The molecule has 0 unspecified atom stereocenters. The summed E-state index contributed by atoms with van der Waals surface area (Å²) in [5.74, 6) is 0. The molecule has 0 aliphatic heterocycles. The summed E-state index contributed by atoms with van der Waals surface area (Å²) in [6, 6.07) is 7.58. The lowest BCUT2D eigenvalue weighted by Gasteiger charge is -2.37. The molecule has 0 spiro atoms. The monoisotopic (exact) mass is 232 g/mol. The molecule has 1 aliphatic carbocycles. The fourth-order valence-corrected chi connectivity index (χ4v) is 2.44. The highest BCUT2D eigenvalue weighted by Gasteiger charge is 2.24. The van der Waals surface area contributed by atoms with Gasteiger partial charge in [0.2, 0.25) is 0 Å². The first-order chi connectivity index (χ1) is 8.20. The van der Waals surface area contributed by atoms with E-state index in [9.17, 15) is 0 Å². The van der Waals surface area contributed by atoms with Gasteiger partial charge in [-0.1, -0.05) is 24.6 Å². The van der Waals surface area contributed by atoms with E-state index in [0.717, 1.165) is 25.7 Å². The normalized spacial score (nSPS) is 16.2. The Morgan fingerprint density at radius 2 is 2.00 bits per heavy atom. The van der Waals surface area contributed by atoms with Crippen LogP contribution in [-0.2, 0) is 6.54 Å². The van der Waals surface area contributed by atoms with Crippen LogP contribution in [0.3, 0.4) is 0 Å². The van der Waals surface area contributed by atoms with Gasteiger partial charge in [-0.2, -0.15) is 0 Å². The van der Waals surface area contributed by atoms with Crippen LogP contribution in [0.15, 0.2) is 18.2 Å². The first-order valence-electron chi connectivity index (χ1n) is 6.71. The molecule has 0 aromatic heterocycles. The zero-order valence-electron chi connectivity index (χ0n) is 11.1. The van der Waals surface area contributed by atoms with Crippen LogP contribution in [0.5, 0.6) is 0 Å². The number of hydrogen-bond acceptors (Lipinski definition) is 2. The van der Waals surface area contributed by atoms with Crippen LogP contribution in [0.2, 0.25) is 0 Å². The fourth-order valence-electron chi connectivity index (χ4n) is 2.44. The van der Waals surface area contributed by atoms with Crippen molar-refractivity contribution in [2.75, 3.05) is 13.1 Å². The Labute approximate surface area is 105 Å². The molecule has 0 radical (unpaired) electrons. The fraction of sp³-hybridized carbons (Fsp3) is 0.600. The average molecular weight is 232 g/mol. The lowest BCUT2D eigenvalue weighted by atomic mass is 9.91. The summed E-state index contributed by atoms with van der Waals surface area (Å²) in [6.07, 6.45) is 4.09. The van der Waals surface area contributed by atoms with Crippen LogP contribution < -0.4 is 5.73 Å². The lowest BCUT2D eigenvalue weighted by molar-refractivity contribution is 0.123. The zero-order valence-corrected chi connectivity index (χ0v) is 11.1. The second-order valence-corrected chi connectivity index (χ2v) is 5.26. The predicted octanol–water partition coefficient (Wildman–Crippen LogP) is 2.62. The molecule has 1 aliphatic rings. The van der Waals surface area contributed by atoms with Gasteiger partial charge < -0.3 is 5.73 Å². The summed E-state index contributed by atoms with van der Waals surface area (Å²) in [5, 5.41) is 0. The van der Waals surface area contributed by atoms with Gasteiger partial charge in [0.05, 0.1) is 0 Å². The van der Waals surface area contributed by atoms with E-state index in [1.807, 2.05) is 0 Å². The number of benzene rings is 1. The van der Waals surface area contributed by atoms with E-state index in [4.69, 9.17) is 5.73 Å². The molecule has 1 aromatic carbocycles. The molecule has 0 heterocycles. The van der Waals surface area contributed by atoms with Crippen LogP contribution in [-0.4, -0.2) is 24.0 Å². The average Bonchev–Trinajstić information content (AvgIpc) is 2.21. The van der Waals surface area contributed by atoms with Gasteiger partial charge in [-0.15, -0.1) is 0 Å². The van der Waals surface area contributed by atoms with Crippen LogP contribution >= 0.6 is 0 Å². The molecule has 2 nitrogen and oxygen atoms in total. The highest BCUT2D eigenvalue weighted by Crippen LogP contribution is 2.26. The number of aryl methyl sites for hydroxylation is 2. The Morgan fingerprint density at radius 3 is 2.53 bits per heavy atom. The summed E-state index contributed by atoms with van der Waals surface area (Å²) in [5.41, 5.74) is 9.91. The Kier molecular flexibility index (Phi) is 4.19. The highest BCUT2D eigenvalue weighted by molar-refractivity contribution is 5.29. The Morgan fingerprint density at radius 1 is 1.24 bits per heavy atom. The van der Waals surface area contributed by atoms with E-state index >= 15 is 0 Å². The largest absolute Gasteiger partial charge is 0.329 e. The molecule has 2 heteroatoms. The Bertz CT molecular complexity index is 369. The van der Waals surface area contributed by atoms with Crippen molar-refractivity contribution in [3.8, 4) is 0 Å². The standard InChI is InChI=1S/C15H24N2/c1-12-6-7-14(10-13(12)2)11-17(9-8-16)15-4-3-5-15/h6-7,10,15H,3-5,8-9,11,16H2,1-2H3. The SMILES string of the molecule is Cc1ccc(CN(CCN)C2CCC2)cc1C. The van der Waals surface area contributed by atoms with Gasteiger partial charge in [-0.05, 0) is 43.4 Å². The number of hydrogen-bond donors (Lipinski definition) is 1. The molecule has 17 heavy (non-hydrogen) atoms. The number of nitrogens with zero attached hydrogens (tertiary/aromatic N) is 1. The van der Waals surface area contributed by atoms with Gasteiger partial charge in [0, 0.05) is 25.7 Å². The molecular formula is C15H24N2. The van der Waals surface area contributed by atoms with E-state index in [0.29, 0.717) is 0 Å². The van der Waals surface area contributed by atoms with E-state index in [1.165, 1.54) is 36.0 Å². The van der Waals surface area contributed by atoms with Gasteiger partial charge in [-0.25, -0.2) is 0 Å². The van der Waals surface area contributed by atoms with Crippen LogP contribution in [0.1, 0.15) is 36.0 Å². The van der Waals surface area contributed by atoms with Gasteiger partial charge >= 0.3 is 0 Å². The summed E-state index contributed by atoms with van der Waals surface area (Å²) in [7, 11) is 0. The molecule has 1 aromatic rings. The van der Waals surface area contributed by atoms with Crippen LogP contribution in [0.4, 0.5) is 0 Å². The van der Waals surface area contributed by atoms with Crippen LogP contribution in [0, 0.1) is 13.8 Å². The van der Waals surface area contributed by atoms with E-state index in [1.54, 1.807) is 0 Å². The second kappa shape index (κ2) is 5.65. The van der Waals surface area contributed by atoms with E-state index in [2.05, 4.69) is 36.9 Å². The number of nitrogens with two attached hydrogens (primary N) is 1. The Balaban J connectivity index is 2.02. The van der Waals surface area contributed by atoms with E-state index in [-0.39, 0.29) is 0 Å². The predicted molar refractivity (Wildman–Crippen MR) is 73.0 cm³/mol. The quantitative estimate of drug-likeness (QED) is 0.845. The van der Waals surface area contributed by atoms with Gasteiger partial charge in [0.25, 0.3) is 0 Å². The lowest BCUT2D eigenvalue weighted by Crippen LogP contribution is -2.42. The van der Waals surface area contributed by atoms with Gasteiger partial charge in [0.1, 0.15) is 0 Å². The minimum atomic E-state index is 0.765. The van der Waals surface area contributed by atoms with E-state index < -0.39 is 0 Å². The molecule has 0 saturated heterocycles. The first-order valence-corrected chi connectivity index (χ1v) is 6.71. The van der Waals surface area contributed by atoms with Crippen molar-refractivity contribution >= 4 is 0 Å². The zero-order chi connectivity index (χ0) is 12.3. The maximum absolute atomic E-state index is 5.71. The molecule has 2 N–H and O–H groups in total. The Hall–Kier alpha value is -0.860. The summed E-state index contributed by atoms with van der Waals surface area (Å²) >= 11 is 0. The third kappa shape index (κ3) is 3.08. The smallest absolute Gasteiger partial charge is 0.0237 e. The van der Waals surface area contributed by atoms with Crippen molar-refractivity contribution in [2.24, 2.45) is 5.73 Å². The summed E-state index contributed by atoms with van der Waals surface area (Å²) in [6.45, 7) is 7.21. The summed E-state index contributed by atoms with van der Waals surface area (Å²) < 4.78 is 0. The first kappa shape index (κ1) is 12.6. The van der Waals surface area contributed by atoms with Crippen molar-refractivity contribution in [2.45, 2.75) is 45.7 Å². The minimum Gasteiger partial charge on any atom is -0.329 e. The molecule has 1 saturated carbocycles. The third-order valence-electron chi connectivity index (χ3n) is 3.96. The molecule has 0 bridgehead atoms. The minimum absolute atomic E-state index is 0.765.